The number of methoxy groups -OCH3 is 2. The van der Waals surface area contributed by atoms with E-state index >= 15 is 0 Å². The van der Waals surface area contributed by atoms with Crippen molar-refractivity contribution < 1.29 is 9.47 Å². The summed E-state index contributed by atoms with van der Waals surface area (Å²) in [5.74, 6) is 3.57. The van der Waals surface area contributed by atoms with Crippen LogP contribution in [0.2, 0.25) is 0 Å². The van der Waals surface area contributed by atoms with Gasteiger partial charge in [-0.25, -0.2) is 0 Å². The second kappa shape index (κ2) is 8.64. The minimum atomic E-state index is 0.684. The number of hydrogen-bond donors (Lipinski definition) is 1. The Morgan fingerprint density at radius 2 is 1.52 bits per heavy atom. The van der Waals surface area contributed by atoms with Gasteiger partial charge in [-0.1, -0.05) is 43.6 Å². The van der Waals surface area contributed by atoms with Crippen LogP contribution >= 0.6 is 15.9 Å². The average molecular weight is 358 g/mol. The van der Waals surface area contributed by atoms with Crippen LogP contribution in [-0.2, 0) is 6.54 Å². The average Bonchev–Trinajstić information content (AvgIpc) is 2.43. The summed E-state index contributed by atoms with van der Waals surface area (Å²) in [5, 5.41) is 3.57. The van der Waals surface area contributed by atoms with Gasteiger partial charge in [0.25, 0.3) is 0 Å². The van der Waals surface area contributed by atoms with E-state index in [1.807, 2.05) is 12.1 Å². The third-order valence-corrected chi connectivity index (χ3v) is 4.70. The first-order chi connectivity index (χ1) is 9.90. The molecule has 0 bridgehead atoms. The highest BCUT2D eigenvalue weighted by Gasteiger charge is 2.17. The topological polar surface area (TPSA) is 30.5 Å². The minimum absolute atomic E-state index is 0.684. The van der Waals surface area contributed by atoms with Crippen LogP contribution in [0.1, 0.15) is 33.3 Å². The number of rotatable bonds is 8. The Bertz CT molecular complexity index is 439. The summed E-state index contributed by atoms with van der Waals surface area (Å²) >= 11 is 3.60. The van der Waals surface area contributed by atoms with Crippen molar-refractivity contribution in [2.45, 2.75) is 34.2 Å². The van der Waals surface area contributed by atoms with Gasteiger partial charge in [0.15, 0.2) is 11.5 Å². The van der Waals surface area contributed by atoms with Crippen molar-refractivity contribution in [3.63, 3.8) is 0 Å². The molecule has 0 amide bonds. The van der Waals surface area contributed by atoms with Gasteiger partial charge in [-0.3, -0.25) is 0 Å². The van der Waals surface area contributed by atoms with E-state index in [0.717, 1.165) is 29.1 Å². The molecule has 0 saturated carbocycles. The molecule has 1 aromatic rings. The zero-order chi connectivity index (χ0) is 16.0. The lowest BCUT2D eigenvalue weighted by Crippen LogP contribution is -2.29. The lowest BCUT2D eigenvalue weighted by molar-refractivity contribution is 0.275. The molecular weight excluding hydrogens is 330 g/mol. The molecule has 1 rings (SSSR count). The Morgan fingerprint density at radius 3 is 2.00 bits per heavy atom. The Hall–Kier alpha value is -0.740. The Labute approximate surface area is 137 Å². The molecule has 1 aromatic carbocycles. The van der Waals surface area contributed by atoms with E-state index in [0.29, 0.717) is 17.8 Å². The first-order valence-corrected chi connectivity index (χ1v) is 8.31. The fourth-order valence-electron chi connectivity index (χ4n) is 2.65. The van der Waals surface area contributed by atoms with Gasteiger partial charge in [0, 0.05) is 11.0 Å². The highest BCUT2D eigenvalue weighted by atomic mass is 79.9. The van der Waals surface area contributed by atoms with Crippen LogP contribution in [0.3, 0.4) is 0 Å². The summed E-state index contributed by atoms with van der Waals surface area (Å²) in [6.07, 6.45) is 0. The molecule has 3 nitrogen and oxygen atoms in total. The smallest absolute Gasteiger partial charge is 0.161 e. The SMILES string of the molecule is COc1cc(Br)c(CNCC(C(C)C)C(C)C)cc1OC. The van der Waals surface area contributed by atoms with Gasteiger partial charge in [-0.2, -0.15) is 0 Å². The molecule has 0 spiro atoms. The van der Waals surface area contributed by atoms with Crippen LogP contribution in [0, 0.1) is 17.8 Å². The number of nitrogens with one attached hydrogen (secondary N) is 1. The maximum atomic E-state index is 5.36. The molecule has 0 aliphatic heterocycles. The van der Waals surface area contributed by atoms with Crippen LogP contribution in [0.25, 0.3) is 0 Å². The third-order valence-electron chi connectivity index (χ3n) is 3.96. The van der Waals surface area contributed by atoms with Crippen molar-refractivity contribution in [1.29, 1.82) is 0 Å². The Kier molecular flexibility index (Phi) is 7.53. The molecule has 0 aliphatic carbocycles. The van der Waals surface area contributed by atoms with Gasteiger partial charge in [0.05, 0.1) is 14.2 Å². The Balaban J connectivity index is 2.71. The van der Waals surface area contributed by atoms with Crippen LogP contribution < -0.4 is 14.8 Å². The van der Waals surface area contributed by atoms with Gasteiger partial charge in [-0.05, 0) is 42.0 Å². The van der Waals surface area contributed by atoms with Crippen molar-refractivity contribution in [3.05, 3.63) is 22.2 Å². The normalized spacial score (nSPS) is 11.5. The molecule has 4 heteroatoms. The molecule has 0 aromatic heterocycles. The summed E-state index contributed by atoms with van der Waals surface area (Å²) < 4.78 is 11.7. The van der Waals surface area contributed by atoms with Gasteiger partial charge < -0.3 is 14.8 Å². The summed E-state index contributed by atoms with van der Waals surface area (Å²) in [6.45, 7) is 11.0. The molecule has 0 fully saturated rings. The standard InChI is InChI=1S/C17H28BrNO2/c1-11(2)14(12(3)4)10-19-9-13-7-16(20-5)17(21-6)8-15(13)18/h7-8,11-12,14,19H,9-10H2,1-6H3. The first-order valence-electron chi connectivity index (χ1n) is 7.51. The van der Waals surface area contributed by atoms with Gasteiger partial charge in [0.1, 0.15) is 0 Å². The number of hydrogen-bond acceptors (Lipinski definition) is 3. The Morgan fingerprint density at radius 1 is 1.00 bits per heavy atom. The molecule has 0 aliphatic rings. The van der Waals surface area contributed by atoms with E-state index in [1.54, 1.807) is 14.2 Å². The van der Waals surface area contributed by atoms with E-state index in [1.165, 1.54) is 5.56 Å². The molecule has 0 saturated heterocycles. The molecule has 120 valence electrons. The number of ether oxygens (including phenoxy) is 2. The summed E-state index contributed by atoms with van der Waals surface area (Å²) in [7, 11) is 3.31. The highest BCUT2D eigenvalue weighted by Crippen LogP contribution is 2.33. The van der Waals surface area contributed by atoms with Crippen LogP contribution in [0.5, 0.6) is 11.5 Å². The third kappa shape index (κ3) is 5.19. The fourth-order valence-corrected chi connectivity index (χ4v) is 3.11. The predicted octanol–water partition coefficient (Wildman–Crippen LogP) is 4.48. The zero-order valence-corrected chi connectivity index (χ0v) is 15.6. The second-order valence-corrected chi connectivity index (χ2v) is 6.94. The zero-order valence-electron chi connectivity index (χ0n) is 14.0. The van der Waals surface area contributed by atoms with E-state index in [2.05, 4.69) is 48.9 Å². The highest BCUT2D eigenvalue weighted by molar-refractivity contribution is 9.10. The maximum Gasteiger partial charge on any atom is 0.161 e. The molecular formula is C17H28BrNO2. The van der Waals surface area contributed by atoms with Gasteiger partial charge >= 0.3 is 0 Å². The fraction of sp³-hybridized carbons (Fsp3) is 0.647. The second-order valence-electron chi connectivity index (χ2n) is 6.08. The van der Waals surface area contributed by atoms with Crippen LogP contribution in [0.4, 0.5) is 0 Å². The molecule has 0 unspecified atom stereocenters. The molecule has 1 N–H and O–H groups in total. The van der Waals surface area contributed by atoms with E-state index in [9.17, 15) is 0 Å². The predicted molar refractivity (Wildman–Crippen MR) is 92.1 cm³/mol. The maximum absolute atomic E-state index is 5.36. The van der Waals surface area contributed by atoms with Gasteiger partial charge in [0.2, 0.25) is 0 Å². The van der Waals surface area contributed by atoms with E-state index in [4.69, 9.17) is 9.47 Å². The summed E-state index contributed by atoms with van der Waals surface area (Å²) in [6, 6.07) is 3.98. The molecule has 0 radical (unpaired) electrons. The van der Waals surface area contributed by atoms with Crippen molar-refractivity contribution >= 4 is 15.9 Å². The number of halogens is 1. The number of benzene rings is 1. The summed E-state index contributed by atoms with van der Waals surface area (Å²) in [5.41, 5.74) is 1.18. The lowest BCUT2D eigenvalue weighted by Gasteiger charge is -2.25. The molecule has 0 atom stereocenters. The van der Waals surface area contributed by atoms with E-state index in [-0.39, 0.29) is 0 Å². The van der Waals surface area contributed by atoms with Crippen molar-refractivity contribution in [2.24, 2.45) is 17.8 Å². The monoisotopic (exact) mass is 357 g/mol. The summed E-state index contributed by atoms with van der Waals surface area (Å²) in [4.78, 5) is 0. The van der Waals surface area contributed by atoms with Gasteiger partial charge in [-0.15, -0.1) is 0 Å². The largest absolute Gasteiger partial charge is 0.493 e. The first kappa shape index (κ1) is 18.3. The van der Waals surface area contributed by atoms with Crippen molar-refractivity contribution in [3.8, 4) is 11.5 Å². The molecule has 21 heavy (non-hydrogen) atoms. The molecule has 0 heterocycles. The quantitative estimate of drug-likeness (QED) is 0.743. The van der Waals surface area contributed by atoms with Crippen molar-refractivity contribution in [1.82, 2.24) is 5.32 Å². The van der Waals surface area contributed by atoms with Crippen molar-refractivity contribution in [2.75, 3.05) is 20.8 Å². The van der Waals surface area contributed by atoms with E-state index < -0.39 is 0 Å². The van der Waals surface area contributed by atoms with Crippen LogP contribution in [0.15, 0.2) is 16.6 Å². The van der Waals surface area contributed by atoms with Crippen LogP contribution in [-0.4, -0.2) is 20.8 Å². The lowest BCUT2D eigenvalue weighted by atomic mass is 9.85. The minimum Gasteiger partial charge on any atom is -0.493 e.